The highest BCUT2D eigenvalue weighted by atomic mass is 16.2. The molecule has 0 aliphatic heterocycles. The molecule has 0 bridgehead atoms. The van der Waals surface area contributed by atoms with E-state index in [1.807, 2.05) is 42.5 Å². The van der Waals surface area contributed by atoms with Crippen molar-refractivity contribution in [2.45, 2.75) is 70.4 Å². The number of amides is 1. The highest BCUT2D eigenvalue weighted by Crippen LogP contribution is 2.35. The third-order valence-electron chi connectivity index (χ3n) is 6.34. The largest absolute Gasteiger partial charge is 0.351 e. The number of nitrogens with zero attached hydrogens (tertiary/aromatic N) is 6. The first-order chi connectivity index (χ1) is 16.9. The summed E-state index contributed by atoms with van der Waals surface area (Å²) < 4.78 is 0. The molecule has 2 aromatic heterocycles. The molecular formula is C27H31N7O. The standard InChI is InChI=1S/C27H31N7O/c1-27(2,3)20-11-13-22(14-12-20)34(26-31-18-30-23(16-28)33-26)24(19-8-7-15-29-17-19)25(35)32-21-9-5-4-6-10-21/h7-8,11-15,17-18,21,24H,4-6,9-10H2,1-3H3,(H,32,35). The molecular weight excluding hydrogens is 438 g/mol. The second-order valence-electron chi connectivity index (χ2n) is 9.92. The van der Waals surface area contributed by atoms with Crippen LogP contribution in [-0.2, 0) is 10.2 Å². The van der Waals surface area contributed by atoms with Crippen molar-refractivity contribution < 1.29 is 4.79 Å². The summed E-state index contributed by atoms with van der Waals surface area (Å²) in [5, 5.41) is 12.7. The monoisotopic (exact) mass is 469 g/mol. The van der Waals surface area contributed by atoms with Crippen LogP contribution in [0.2, 0.25) is 0 Å². The van der Waals surface area contributed by atoms with E-state index < -0.39 is 6.04 Å². The average molecular weight is 470 g/mol. The molecule has 4 rings (SSSR count). The lowest BCUT2D eigenvalue weighted by Gasteiger charge is -2.33. The van der Waals surface area contributed by atoms with Crippen molar-refractivity contribution in [2.24, 2.45) is 0 Å². The summed E-state index contributed by atoms with van der Waals surface area (Å²) in [7, 11) is 0. The minimum atomic E-state index is -0.778. The minimum absolute atomic E-state index is 0.0102. The Kier molecular flexibility index (Phi) is 7.35. The van der Waals surface area contributed by atoms with Crippen LogP contribution in [-0.4, -0.2) is 31.9 Å². The lowest BCUT2D eigenvalue weighted by molar-refractivity contribution is -0.123. The van der Waals surface area contributed by atoms with Gasteiger partial charge in [-0.05, 0) is 42.0 Å². The zero-order chi connectivity index (χ0) is 24.8. The fraction of sp³-hybridized carbons (Fsp3) is 0.407. The van der Waals surface area contributed by atoms with Gasteiger partial charge >= 0.3 is 0 Å². The van der Waals surface area contributed by atoms with Crippen LogP contribution in [0.3, 0.4) is 0 Å². The molecule has 0 radical (unpaired) electrons. The second-order valence-corrected chi connectivity index (χ2v) is 9.92. The normalized spacial score (nSPS) is 15.1. The fourth-order valence-corrected chi connectivity index (χ4v) is 4.44. The van der Waals surface area contributed by atoms with E-state index in [1.54, 1.807) is 17.3 Å². The molecule has 1 unspecified atom stereocenters. The summed E-state index contributed by atoms with van der Waals surface area (Å²) in [4.78, 5) is 32.6. The van der Waals surface area contributed by atoms with Gasteiger partial charge in [-0.1, -0.05) is 58.2 Å². The van der Waals surface area contributed by atoms with Gasteiger partial charge in [-0.3, -0.25) is 14.7 Å². The molecule has 180 valence electrons. The number of pyridine rings is 1. The van der Waals surface area contributed by atoms with Gasteiger partial charge in [0.2, 0.25) is 17.7 Å². The van der Waals surface area contributed by atoms with Gasteiger partial charge in [0.25, 0.3) is 0 Å². The molecule has 1 fully saturated rings. The molecule has 0 spiro atoms. The van der Waals surface area contributed by atoms with Gasteiger partial charge in [-0.15, -0.1) is 0 Å². The molecule has 8 nitrogen and oxygen atoms in total. The van der Waals surface area contributed by atoms with Crippen LogP contribution in [0.1, 0.15) is 75.9 Å². The molecule has 2 heterocycles. The summed E-state index contributed by atoms with van der Waals surface area (Å²) in [6.07, 6.45) is 10.0. The van der Waals surface area contributed by atoms with Gasteiger partial charge in [-0.2, -0.15) is 10.2 Å². The van der Waals surface area contributed by atoms with Crippen molar-refractivity contribution in [3.05, 3.63) is 72.1 Å². The molecule has 1 saturated carbocycles. The fourth-order valence-electron chi connectivity index (χ4n) is 4.44. The third kappa shape index (κ3) is 5.80. The lowest BCUT2D eigenvalue weighted by atomic mass is 9.87. The SMILES string of the molecule is CC(C)(C)c1ccc(N(c2ncnc(C#N)n2)C(C(=O)NC2CCCCC2)c2cccnc2)cc1. The minimum Gasteiger partial charge on any atom is -0.351 e. The maximum Gasteiger partial charge on any atom is 0.248 e. The Morgan fingerprint density at radius 2 is 1.86 bits per heavy atom. The van der Waals surface area contributed by atoms with E-state index in [0.29, 0.717) is 5.56 Å². The first-order valence-corrected chi connectivity index (χ1v) is 12.1. The number of anilines is 2. The smallest absolute Gasteiger partial charge is 0.248 e. The van der Waals surface area contributed by atoms with Gasteiger partial charge in [-0.25, -0.2) is 9.97 Å². The molecule has 1 aromatic carbocycles. The van der Waals surface area contributed by atoms with Crippen LogP contribution in [0.4, 0.5) is 11.6 Å². The first kappa shape index (κ1) is 24.3. The van der Waals surface area contributed by atoms with E-state index in [1.165, 1.54) is 18.3 Å². The van der Waals surface area contributed by atoms with Crippen molar-refractivity contribution in [1.29, 1.82) is 5.26 Å². The Balaban J connectivity index is 1.82. The number of benzene rings is 1. The quantitative estimate of drug-likeness (QED) is 0.554. The summed E-state index contributed by atoms with van der Waals surface area (Å²) in [5.74, 6) is 0.0698. The van der Waals surface area contributed by atoms with E-state index in [-0.39, 0.29) is 29.1 Å². The van der Waals surface area contributed by atoms with Crippen LogP contribution >= 0.6 is 0 Å². The van der Waals surface area contributed by atoms with Crippen molar-refractivity contribution >= 4 is 17.5 Å². The highest BCUT2D eigenvalue weighted by Gasteiger charge is 2.33. The Hall–Kier alpha value is -3.86. The van der Waals surface area contributed by atoms with Crippen molar-refractivity contribution in [3.63, 3.8) is 0 Å². The molecule has 1 aliphatic rings. The van der Waals surface area contributed by atoms with Crippen LogP contribution in [0, 0.1) is 11.3 Å². The maximum atomic E-state index is 13.9. The van der Waals surface area contributed by atoms with E-state index in [9.17, 15) is 10.1 Å². The molecule has 35 heavy (non-hydrogen) atoms. The molecule has 1 atom stereocenters. The van der Waals surface area contributed by atoms with E-state index in [0.717, 1.165) is 31.4 Å². The molecule has 1 N–H and O–H groups in total. The Bertz CT molecular complexity index is 1180. The predicted octanol–water partition coefficient (Wildman–Crippen LogP) is 4.76. The average Bonchev–Trinajstić information content (AvgIpc) is 2.88. The van der Waals surface area contributed by atoms with Crippen LogP contribution < -0.4 is 10.2 Å². The second kappa shape index (κ2) is 10.6. The summed E-state index contributed by atoms with van der Waals surface area (Å²) >= 11 is 0. The Morgan fingerprint density at radius 1 is 1.11 bits per heavy atom. The van der Waals surface area contributed by atoms with Crippen molar-refractivity contribution in [1.82, 2.24) is 25.3 Å². The number of rotatable bonds is 6. The molecule has 0 saturated heterocycles. The number of hydrogen-bond donors (Lipinski definition) is 1. The van der Waals surface area contributed by atoms with Crippen LogP contribution in [0.5, 0.6) is 0 Å². The van der Waals surface area contributed by atoms with Gasteiger partial charge in [0.15, 0.2) is 0 Å². The highest BCUT2D eigenvalue weighted by molar-refractivity contribution is 5.88. The summed E-state index contributed by atoms with van der Waals surface area (Å²) in [6.45, 7) is 6.46. The number of nitriles is 1. The van der Waals surface area contributed by atoms with Gasteiger partial charge in [0.05, 0.1) is 0 Å². The van der Waals surface area contributed by atoms with Crippen molar-refractivity contribution in [3.8, 4) is 6.07 Å². The molecule has 8 heteroatoms. The predicted molar refractivity (Wildman–Crippen MR) is 134 cm³/mol. The van der Waals surface area contributed by atoms with Gasteiger partial charge in [0.1, 0.15) is 18.4 Å². The Morgan fingerprint density at radius 3 is 2.49 bits per heavy atom. The topological polar surface area (TPSA) is 108 Å². The Labute approximate surface area is 206 Å². The summed E-state index contributed by atoms with van der Waals surface area (Å²) in [5.41, 5.74) is 2.59. The van der Waals surface area contributed by atoms with Crippen LogP contribution in [0.15, 0.2) is 55.1 Å². The first-order valence-electron chi connectivity index (χ1n) is 12.1. The number of aromatic nitrogens is 4. The maximum absolute atomic E-state index is 13.9. The van der Waals surface area contributed by atoms with Gasteiger partial charge in [0, 0.05) is 29.7 Å². The molecule has 1 amide bonds. The zero-order valence-electron chi connectivity index (χ0n) is 20.5. The lowest BCUT2D eigenvalue weighted by Crippen LogP contribution is -2.44. The number of carbonyl (C=O) groups excluding carboxylic acids is 1. The van der Waals surface area contributed by atoms with Crippen LogP contribution in [0.25, 0.3) is 0 Å². The van der Waals surface area contributed by atoms with E-state index in [2.05, 4.69) is 46.0 Å². The van der Waals surface area contributed by atoms with Crippen molar-refractivity contribution in [2.75, 3.05) is 4.90 Å². The number of nitrogens with one attached hydrogen (secondary N) is 1. The third-order valence-corrected chi connectivity index (χ3v) is 6.34. The number of hydrogen-bond acceptors (Lipinski definition) is 7. The molecule has 3 aromatic rings. The van der Waals surface area contributed by atoms with E-state index >= 15 is 0 Å². The van der Waals surface area contributed by atoms with Gasteiger partial charge < -0.3 is 5.32 Å². The summed E-state index contributed by atoms with van der Waals surface area (Å²) in [6, 6.07) is 13.0. The number of carbonyl (C=O) groups is 1. The molecule has 1 aliphatic carbocycles. The zero-order valence-corrected chi connectivity index (χ0v) is 20.5. The van der Waals surface area contributed by atoms with E-state index in [4.69, 9.17) is 0 Å².